The minimum atomic E-state index is -1.19. The first kappa shape index (κ1) is 26.7. The van der Waals surface area contributed by atoms with E-state index in [2.05, 4.69) is 19.7 Å². The van der Waals surface area contributed by atoms with Crippen LogP contribution in [0.3, 0.4) is 0 Å². The Balaban J connectivity index is -0.0000000865. The summed E-state index contributed by atoms with van der Waals surface area (Å²) in [6, 6.07) is 0. The van der Waals surface area contributed by atoms with Gasteiger partial charge in [-0.05, 0) is 37.5 Å². The molecule has 0 N–H and O–H groups in total. The molecule has 0 saturated heterocycles. The van der Waals surface area contributed by atoms with Crippen molar-refractivity contribution in [1.82, 2.24) is 0 Å². The van der Waals surface area contributed by atoms with Gasteiger partial charge in [-0.3, -0.25) is 0 Å². The largest absolute Gasteiger partial charge is 3.00 e. The molecule has 0 rings (SSSR count). The van der Waals surface area contributed by atoms with Crippen LogP contribution in [0.4, 0.5) is 0 Å². The van der Waals surface area contributed by atoms with Gasteiger partial charge in [-0.25, -0.2) is 0 Å². The van der Waals surface area contributed by atoms with Crippen molar-refractivity contribution in [3.05, 3.63) is 36.5 Å². The van der Waals surface area contributed by atoms with Crippen molar-refractivity contribution < 1.29 is 76.6 Å². The molecular weight excluding hydrogens is 413 g/mol. The molecular formula is C12H15O6Yb. The SMILES string of the molecule is C=C(C)C(=O)[O-].C=C(C)C(=O)[O-].C=C(C)C(=O)[O-].[Yb+3]. The van der Waals surface area contributed by atoms with Crippen molar-refractivity contribution in [2.24, 2.45) is 0 Å². The van der Waals surface area contributed by atoms with Gasteiger partial charge in [0.05, 0.1) is 17.9 Å². The number of carboxylic acid groups (broad SMARTS) is 3. The molecule has 0 aliphatic carbocycles. The summed E-state index contributed by atoms with van der Waals surface area (Å²) in [7, 11) is 0. The zero-order valence-corrected chi connectivity index (χ0v) is 12.6. The summed E-state index contributed by atoms with van der Waals surface area (Å²) in [5, 5.41) is 28.5. The molecule has 0 amide bonds. The number of aliphatic carboxylic acids is 3. The van der Waals surface area contributed by atoms with Gasteiger partial charge in [-0.1, -0.05) is 19.7 Å². The molecule has 0 spiro atoms. The fourth-order valence-electron chi connectivity index (χ4n) is 0. The Kier molecular flexibility index (Phi) is 21.3. The summed E-state index contributed by atoms with van der Waals surface area (Å²) in [5.41, 5.74) is 0.194. The summed E-state index contributed by atoms with van der Waals surface area (Å²) in [5.74, 6) is -3.56. The van der Waals surface area contributed by atoms with Gasteiger partial charge in [-0.2, -0.15) is 0 Å². The summed E-state index contributed by atoms with van der Waals surface area (Å²) >= 11 is 0. The van der Waals surface area contributed by atoms with Gasteiger partial charge in [0.25, 0.3) is 0 Å². The van der Waals surface area contributed by atoms with Gasteiger partial charge in [0.15, 0.2) is 0 Å². The van der Waals surface area contributed by atoms with Crippen molar-refractivity contribution in [3.8, 4) is 0 Å². The van der Waals surface area contributed by atoms with Crippen molar-refractivity contribution >= 4 is 17.9 Å². The van der Waals surface area contributed by atoms with Crippen molar-refractivity contribution in [3.63, 3.8) is 0 Å². The first-order chi connectivity index (χ1) is 7.93. The third-order valence-electron chi connectivity index (χ3n) is 1.05. The Hall–Kier alpha value is -0.851. The molecule has 113 valence electrons. The topological polar surface area (TPSA) is 120 Å². The number of carboxylic acids is 3. The van der Waals surface area contributed by atoms with E-state index in [0.717, 1.165) is 0 Å². The molecule has 6 nitrogen and oxygen atoms in total. The van der Waals surface area contributed by atoms with Crippen LogP contribution in [0.15, 0.2) is 36.5 Å². The van der Waals surface area contributed by atoms with E-state index in [9.17, 15) is 29.7 Å². The average Bonchev–Trinajstić information content (AvgIpc) is 2.18. The van der Waals surface area contributed by atoms with E-state index < -0.39 is 17.9 Å². The van der Waals surface area contributed by atoms with Gasteiger partial charge < -0.3 is 29.7 Å². The minimum Gasteiger partial charge on any atom is -0.545 e. The van der Waals surface area contributed by atoms with Crippen LogP contribution in [0, 0.1) is 46.9 Å². The van der Waals surface area contributed by atoms with Gasteiger partial charge in [-0.15, -0.1) is 0 Å². The fraction of sp³-hybridized carbons (Fsp3) is 0.250. The quantitative estimate of drug-likeness (QED) is 0.477. The normalized spacial score (nSPS) is 7.11. The van der Waals surface area contributed by atoms with Gasteiger partial charge >= 0.3 is 46.9 Å². The third-order valence-corrected chi connectivity index (χ3v) is 1.05. The van der Waals surface area contributed by atoms with E-state index in [1.165, 1.54) is 20.8 Å². The molecule has 0 unspecified atom stereocenters. The first-order valence-corrected chi connectivity index (χ1v) is 4.54. The second-order valence-corrected chi connectivity index (χ2v) is 3.20. The summed E-state index contributed by atoms with van der Waals surface area (Å²) in [6.45, 7) is 13.4. The molecule has 0 bridgehead atoms. The Morgan fingerprint density at radius 2 is 0.684 bits per heavy atom. The maximum absolute atomic E-state index is 9.49. The van der Waals surface area contributed by atoms with Crippen LogP contribution in [-0.4, -0.2) is 17.9 Å². The van der Waals surface area contributed by atoms with Gasteiger partial charge in [0.2, 0.25) is 0 Å². The second kappa shape index (κ2) is 15.2. The number of carbonyl (C=O) groups excluding carboxylic acids is 3. The minimum absolute atomic E-state index is 0. The van der Waals surface area contributed by atoms with Crippen LogP contribution >= 0.6 is 0 Å². The van der Waals surface area contributed by atoms with Gasteiger partial charge in [0, 0.05) is 0 Å². The molecule has 1 radical (unpaired) electrons. The molecule has 0 aliphatic rings. The van der Waals surface area contributed by atoms with Crippen LogP contribution in [0.1, 0.15) is 20.8 Å². The Labute approximate surface area is 150 Å². The zero-order chi connectivity index (χ0) is 15.5. The predicted octanol–water partition coefficient (Wildman–Crippen LogP) is -2.06. The Morgan fingerprint density at radius 1 is 0.632 bits per heavy atom. The van der Waals surface area contributed by atoms with Crippen LogP contribution in [-0.2, 0) is 14.4 Å². The standard InChI is InChI=1S/3C4H6O2.Yb/c3*1-3(2)4(5)6;/h3*1H2,2H3,(H,5,6);/q;;;+3/p-3. The second-order valence-electron chi connectivity index (χ2n) is 3.20. The molecule has 0 fully saturated rings. The number of hydrogen-bond donors (Lipinski definition) is 0. The fourth-order valence-corrected chi connectivity index (χ4v) is 0. The van der Waals surface area contributed by atoms with Crippen molar-refractivity contribution in [2.75, 3.05) is 0 Å². The van der Waals surface area contributed by atoms with Crippen LogP contribution in [0.25, 0.3) is 0 Å². The van der Waals surface area contributed by atoms with Crippen molar-refractivity contribution in [1.29, 1.82) is 0 Å². The first-order valence-electron chi connectivity index (χ1n) is 4.54. The van der Waals surface area contributed by atoms with E-state index >= 15 is 0 Å². The molecule has 0 aliphatic heterocycles. The maximum Gasteiger partial charge on any atom is 3.00 e. The van der Waals surface area contributed by atoms with Gasteiger partial charge in [0.1, 0.15) is 0 Å². The summed E-state index contributed by atoms with van der Waals surface area (Å²) in [6.07, 6.45) is 0. The molecule has 0 heterocycles. The van der Waals surface area contributed by atoms with Crippen molar-refractivity contribution in [2.45, 2.75) is 20.8 Å². The zero-order valence-electron chi connectivity index (χ0n) is 10.8. The van der Waals surface area contributed by atoms with E-state index in [1.807, 2.05) is 0 Å². The third kappa shape index (κ3) is 31.7. The number of hydrogen-bond acceptors (Lipinski definition) is 6. The van der Waals surface area contributed by atoms with Crippen LogP contribution < -0.4 is 15.3 Å². The number of carbonyl (C=O) groups is 3. The van der Waals surface area contributed by atoms with E-state index in [4.69, 9.17) is 0 Å². The van der Waals surface area contributed by atoms with E-state index in [1.54, 1.807) is 0 Å². The number of rotatable bonds is 3. The molecule has 19 heavy (non-hydrogen) atoms. The Morgan fingerprint density at radius 3 is 0.684 bits per heavy atom. The molecule has 0 aromatic rings. The summed E-state index contributed by atoms with van der Waals surface area (Å²) in [4.78, 5) is 28.5. The summed E-state index contributed by atoms with van der Waals surface area (Å²) < 4.78 is 0. The average molecular weight is 428 g/mol. The predicted molar refractivity (Wildman–Crippen MR) is 59.5 cm³/mol. The van der Waals surface area contributed by atoms with Crippen LogP contribution in [0.2, 0.25) is 0 Å². The maximum atomic E-state index is 9.49. The molecule has 0 saturated carbocycles. The molecule has 7 heteroatoms. The monoisotopic (exact) mass is 429 g/mol. The van der Waals surface area contributed by atoms with E-state index in [0.29, 0.717) is 0 Å². The smallest absolute Gasteiger partial charge is 0.545 e. The van der Waals surface area contributed by atoms with Crippen LogP contribution in [0.5, 0.6) is 0 Å². The van der Waals surface area contributed by atoms with E-state index in [-0.39, 0.29) is 63.6 Å². The molecule has 0 aromatic carbocycles. The molecule has 0 atom stereocenters. The molecule has 0 aromatic heterocycles. The Bertz CT molecular complexity index is 277.